The van der Waals surface area contributed by atoms with Crippen LogP contribution >= 0.6 is 0 Å². The van der Waals surface area contributed by atoms with E-state index in [1.807, 2.05) is 36.4 Å². The molecule has 1 aliphatic carbocycles. The van der Waals surface area contributed by atoms with E-state index in [1.165, 1.54) is 0 Å². The zero-order chi connectivity index (χ0) is 15.8. The highest BCUT2D eigenvalue weighted by Crippen LogP contribution is 2.30. The molecule has 4 rings (SSSR count). The predicted octanol–water partition coefficient (Wildman–Crippen LogP) is 3.62. The van der Waals surface area contributed by atoms with Crippen molar-refractivity contribution in [2.45, 2.75) is 0 Å². The molecular formula is C19H11NO3. The number of carbonyl (C=O) groups is 2. The Hall–Kier alpha value is -3.27. The molecule has 2 aromatic carbocycles. The minimum atomic E-state index is -0.304. The van der Waals surface area contributed by atoms with Crippen molar-refractivity contribution in [1.82, 2.24) is 5.16 Å². The third-order valence-corrected chi connectivity index (χ3v) is 3.80. The van der Waals surface area contributed by atoms with Crippen LogP contribution in [0.15, 0.2) is 59.1 Å². The molecule has 0 fully saturated rings. The van der Waals surface area contributed by atoms with Gasteiger partial charge in [-0.1, -0.05) is 65.8 Å². The van der Waals surface area contributed by atoms with Crippen molar-refractivity contribution in [3.05, 3.63) is 88.3 Å². The van der Waals surface area contributed by atoms with Gasteiger partial charge in [0.1, 0.15) is 11.3 Å². The highest BCUT2D eigenvalue weighted by atomic mass is 16.5. The lowest BCUT2D eigenvalue weighted by atomic mass is 9.87. The zero-order valence-electron chi connectivity index (χ0n) is 12.0. The minimum absolute atomic E-state index is 0.0152. The smallest absolute Gasteiger partial charge is 0.232 e. The molecule has 23 heavy (non-hydrogen) atoms. The van der Waals surface area contributed by atoms with Gasteiger partial charge >= 0.3 is 0 Å². The molecule has 0 saturated carbocycles. The van der Waals surface area contributed by atoms with E-state index in [0.29, 0.717) is 16.8 Å². The first-order valence-corrected chi connectivity index (χ1v) is 7.17. The van der Waals surface area contributed by atoms with Gasteiger partial charge in [0.05, 0.1) is 0 Å². The fraction of sp³-hybridized carbons (Fsp3) is 0. The van der Waals surface area contributed by atoms with E-state index in [2.05, 4.69) is 5.16 Å². The molecule has 4 heteroatoms. The summed E-state index contributed by atoms with van der Waals surface area (Å²) in [4.78, 5) is 25.1. The summed E-state index contributed by atoms with van der Waals surface area (Å²) >= 11 is 0. The fourth-order valence-corrected chi connectivity index (χ4v) is 2.67. The Bertz CT molecular complexity index is 952. The SMILES string of the molecule is O=C1c2ccccc2C(=O)c2c(/C=C/c3ccccc3)noc21. The number of rotatable bonds is 2. The van der Waals surface area contributed by atoms with Gasteiger partial charge in [0.25, 0.3) is 0 Å². The normalized spacial score (nSPS) is 13.2. The van der Waals surface area contributed by atoms with Crippen molar-refractivity contribution in [3.63, 3.8) is 0 Å². The van der Waals surface area contributed by atoms with Crippen LogP contribution < -0.4 is 0 Å². The number of aromatic nitrogens is 1. The van der Waals surface area contributed by atoms with Gasteiger partial charge in [-0.2, -0.15) is 0 Å². The van der Waals surface area contributed by atoms with Crippen LogP contribution in [0.25, 0.3) is 12.2 Å². The number of benzene rings is 2. The van der Waals surface area contributed by atoms with Crippen LogP contribution in [0.4, 0.5) is 0 Å². The van der Waals surface area contributed by atoms with Crippen molar-refractivity contribution in [3.8, 4) is 0 Å². The molecule has 0 unspecified atom stereocenters. The second-order valence-electron chi connectivity index (χ2n) is 5.22. The Morgan fingerprint density at radius 1 is 0.783 bits per heavy atom. The van der Waals surface area contributed by atoms with E-state index in [-0.39, 0.29) is 22.9 Å². The van der Waals surface area contributed by atoms with Crippen LogP contribution in [-0.2, 0) is 0 Å². The maximum Gasteiger partial charge on any atom is 0.232 e. The Labute approximate surface area is 132 Å². The summed E-state index contributed by atoms with van der Waals surface area (Å²) in [7, 11) is 0. The topological polar surface area (TPSA) is 60.2 Å². The first-order valence-electron chi connectivity index (χ1n) is 7.17. The van der Waals surface area contributed by atoms with Crippen molar-refractivity contribution in [1.29, 1.82) is 0 Å². The van der Waals surface area contributed by atoms with Crippen molar-refractivity contribution >= 4 is 23.7 Å². The van der Waals surface area contributed by atoms with Crippen molar-refractivity contribution in [2.24, 2.45) is 0 Å². The quantitative estimate of drug-likeness (QED) is 0.567. The Morgan fingerprint density at radius 2 is 1.43 bits per heavy atom. The van der Waals surface area contributed by atoms with Crippen molar-refractivity contribution in [2.75, 3.05) is 0 Å². The van der Waals surface area contributed by atoms with E-state index in [4.69, 9.17) is 4.52 Å². The Kier molecular flexibility index (Phi) is 3.01. The maximum absolute atomic E-state index is 12.7. The largest absolute Gasteiger partial charge is 0.351 e. The average molecular weight is 301 g/mol. The van der Waals surface area contributed by atoms with Crippen LogP contribution in [0.1, 0.15) is 43.3 Å². The van der Waals surface area contributed by atoms with E-state index >= 15 is 0 Å². The van der Waals surface area contributed by atoms with Crippen LogP contribution in [0.5, 0.6) is 0 Å². The number of hydrogen-bond acceptors (Lipinski definition) is 4. The molecule has 3 aromatic rings. The summed E-state index contributed by atoms with van der Waals surface area (Å²) < 4.78 is 5.14. The average Bonchev–Trinajstić information content (AvgIpc) is 3.03. The second-order valence-corrected chi connectivity index (χ2v) is 5.22. The molecule has 1 heterocycles. The summed E-state index contributed by atoms with van der Waals surface area (Å²) in [6.07, 6.45) is 3.52. The van der Waals surface area contributed by atoms with E-state index in [1.54, 1.807) is 30.3 Å². The molecule has 0 spiro atoms. The molecule has 0 amide bonds. The van der Waals surface area contributed by atoms with Crippen molar-refractivity contribution < 1.29 is 14.1 Å². The summed E-state index contributed by atoms with van der Waals surface area (Å²) in [6.45, 7) is 0. The Balaban J connectivity index is 1.80. The second kappa shape index (κ2) is 5.18. The third-order valence-electron chi connectivity index (χ3n) is 3.80. The van der Waals surface area contributed by atoms with E-state index in [0.717, 1.165) is 5.56 Å². The number of fused-ring (bicyclic) bond motifs is 2. The summed E-state index contributed by atoms with van der Waals surface area (Å²) in [6, 6.07) is 16.4. The summed E-state index contributed by atoms with van der Waals surface area (Å²) in [5.41, 5.74) is 2.33. The summed E-state index contributed by atoms with van der Waals surface area (Å²) in [5, 5.41) is 3.89. The maximum atomic E-state index is 12.7. The molecule has 4 nitrogen and oxygen atoms in total. The van der Waals surface area contributed by atoms with Crippen LogP contribution in [0.3, 0.4) is 0 Å². The van der Waals surface area contributed by atoms with Gasteiger partial charge in [0.15, 0.2) is 5.78 Å². The minimum Gasteiger partial charge on any atom is -0.351 e. The number of nitrogens with zero attached hydrogens (tertiary/aromatic N) is 1. The molecule has 0 saturated heterocycles. The highest BCUT2D eigenvalue weighted by molar-refractivity contribution is 6.28. The highest BCUT2D eigenvalue weighted by Gasteiger charge is 2.35. The standard InChI is InChI=1S/C19H11NO3/c21-17-13-8-4-5-9-14(13)18(22)19-16(17)15(20-23-19)11-10-12-6-2-1-3-7-12/h1-11H/b11-10+. The molecule has 0 atom stereocenters. The third kappa shape index (κ3) is 2.12. The number of hydrogen-bond donors (Lipinski definition) is 0. The first-order chi connectivity index (χ1) is 11.3. The van der Waals surface area contributed by atoms with Gasteiger partial charge in [-0.25, -0.2) is 0 Å². The fourth-order valence-electron chi connectivity index (χ4n) is 2.67. The van der Waals surface area contributed by atoms with Gasteiger partial charge in [0.2, 0.25) is 11.5 Å². The monoisotopic (exact) mass is 301 g/mol. The molecule has 110 valence electrons. The summed E-state index contributed by atoms with van der Waals surface area (Å²) in [5.74, 6) is -0.521. The van der Waals surface area contributed by atoms with Gasteiger partial charge in [0, 0.05) is 11.1 Å². The molecule has 1 aliphatic rings. The first kappa shape index (κ1) is 13.4. The molecule has 0 aliphatic heterocycles. The van der Waals surface area contributed by atoms with Gasteiger partial charge < -0.3 is 4.52 Å². The Morgan fingerprint density at radius 3 is 2.17 bits per heavy atom. The van der Waals surface area contributed by atoms with Crippen LogP contribution in [0.2, 0.25) is 0 Å². The van der Waals surface area contributed by atoms with Crippen LogP contribution in [-0.4, -0.2) is 16.7 Å². The van der Waals surface area contributed by atoms with Gasteiger partial charge in [-0.15, -0.1) is 0 Å². The van der Waals surface area contributed by atoms with E-state index < -0.39 is 0 Å². The molecule has 0 radical (unpaired) electrons. The molecular weight excluding hydrogens is 290 g/mol. The van der Waals surface area contributed by atoms with Gasteiger partial charge in [-0.3, -0.25) is 9.59 Å². The lowest BCUT2D eigenvalue weighted by Crippen LogP contribution is -2.19. The number of ketones is 2. The van der Waals surface area contributed by atoms with E-state index in [9.17, 15) is 9.59 Å². The zero-order valence-corrected chi connectivity index (χ0v) is 12.0. The molecule has 1 aromatic heterocycles. The molecule has 0 N–H and O–H groups in total. The predicted molar refractivity (Wildman–Crippen MR) is 85.2 cm³/mol. The van der Waals surface area contributed by atoms with Gasteiger partial charge in [-0.05, 0) is 11.6 Å². The number of carbonyl (C=O) groups excluding carboxylic acids is 2. The lowest BCUT2D eigenvalue weighted by Gasteiger charge is -2.11. The van der Waals surface area contributed by atoms with Crippen LogP contribution in [0, 0.1) is 0 Å². The lowest BCUT2D eigenvalue weighted by molar-refractivity contribution is 0.0955. The molecule has 0 bridgehead atoms.